The molecule has 3 aromatic rings. The Bertz CT molecular complexity index is 1050. The van der Waals surface area contributed by atoms with E-state index in [0.29, 0.717) is 13.2 Å². The number of anilines is 1. The van der Waals surface area contributed by atoms with Crippen LogP contribution in [0.15, 0.2) is 47.8 Å². The quantitative estimate of drug-likeness (QED) is 0.406. The topological polar surface area (TPSA) is 51.7 Å². The van der Waals surface area contributed by atoms with Gasteiger partial charge in [-0.05, 0) is 62.4 Å². The van der Waals surface area contributed by atoms with Crippen LogP contribution in [-0.4, -0.2) is 30.6 Å². The van der Waals surface area contributed by atoms with Crippen molar-refractivity contribution in [1.82, 2.24) is 4.98 Å². The van der Waals surface area contributed by atoms with E-state index < -0.39 is 0 Å². The monoisotopic (exact) mass is 436 g/mol. The van der Waals surface area contributed by atoms with Crippen molar-refractivity contribution < 1.29 is 14.3 Å². The number of hydrogen-bond acceptors (Lipinski definition) is 5. The van der Waals surface area contributed by atoms with Crippen LogP contribution in [0.25, 0.3) is 11.3 Å². The number of aryl methyl sites for hydroxylation is 2. The zero-order valence-electron chi connectivity index (χ0n) is 18.1. The zero-order valence-corrected chi connectivity index (χ0v) is 18.9. The molecule has 2 aromatic carbocycles. The number of carbonyl (C=O) groups excluding carboxylic acids is 1. The van der Waals surface area contributed by atoms with E-state index in [4.69, 9.17) is 14.5 Å². The maximum absolute atomic E-state index is 12.6. The summed E-state index contributed by atoms with van der Waals surface area (Å²) in [6.07, 6.45) is 3.81. The van der Waals surface area contributed by atoms with Crippen LogP contribution < -0.4 is 14.4 Å². The second kappa shape index (κ2) is 9.96. The van der Waals surface area contributed by atoms with Crippen LogP contribution in [0.5, 0.6) is 11.5 Å². The minimum Gasteiger partial charge on any atom is -0.493 e. The highest BCUT2D eigenvalue weighted by atomic mass is 32.1. The largest absolute Gasteiger partial charge is 0.493 e. The van der Waals surface area contributed by atoms with Gasteiger partial charge in [0.2, 0.25) is 0 Å². The Labute approximate surface area is 187 Å². The summed E-state index contributed by atoms with van der Waals surface area (Å²) in [5.41, 5.74) is 3.94. The lowest BCUT2D eigenvalue weighted by atomic mass is 10.1. The summed E-state index contributed by atoms with van der Waals surface area (Å²) >= 11 is 1.69. The van der Waals surface area contributed by atoms with Crippen molar-refractivity contribution in [3.63, 3.8) is 0 Å². The molecule has 2 heterocycles. The summed E-state index contributed by atoms with van der Waals surface area (Å²) in [5, 5.41) is 3.24. The van der Waals surface area contributed by atoms with Gasteiger partial charge in [-0.15, -0.1) is 11.3 Å². The highest BCUT2D eigenvalue weighted by molar-refractivity contribution is 7.09. The predicted octanol–water partition coefficient (Wildman–Crippen LogP) is 5.66. The van der Waals surface area contributed by atoms with Crippen LogP contribution in [0.4, 0.5) is 5.69 Å². The van der Waals surface area contributed by atoms with Crippen LogP contribution in [0, 0.1) is 6.92 Å². The molecule has 0 saturated heterocycles. The third kappa shape index (κ3) is 5.07. The smallest absolute Gasteiger partial charge is 0.265 e. The molecule has 0 radical (unpaired) electrons. The van der Waals surface area contributed by atoms with Crippen LogP contribution in [-0.2, 0) is 11.2 Å². The average molecular weight is 437 g/mol. The molecular formula is C25H28N2O3S. The minimum absolute atomic E-state index is 0.00516. The molecule has 1 aromatic heterocycles. The van der Waals surface area contributed by atoms with Gasteiger partial charge in [0.1, 0.15) is 11.5 Å². The van der Waals surface area contributed by atoms with Gasteiger partial charge in [0.25, 0.3) is 5.91 Å². The van der Waals surface area contributed by atoms with Gasteiger partial charge in [0.15, 0.2) is 6.61 Å². The number of fused-ring (bicyclic) bond motifs is 1. The lowest BCUT2D eigenvalue weighted by molar-refractivity contribution is -0.121. The fraction of sp³-hybridized carbons (Fsp3) is 0.360. The molecule has 0 aliphatic carbocycles. The molecule has 4 rings (SSSR count). The van der Waals surface area contributed by atoms with Gasteiger partial charge in [-0.1, -0.05) is 25.1 Å². The lowest BCUT2D eigenvalue weighted by Gasteiger charge is -2.29. The van der Waals surface area contributed by atoms with Crippen molar-refractivity contribution >= 4 is 22.9 Å². The second-order valence-electron chi connectivity index (χ2n) is 7.71. The second-order valence-corrected chi connectivity index (χ2v) is 8.66. The third-order valence-corrected chi connectivity index (χ3v) is 6.25. The standard InChI is InChI=1S/C25H28N2O3S/c1-3-8-24-26-20(17-31-24)19-11-12-23-21(15-19)27(25(28)16-30-23)13-6-7-14-29-22-10-5-4-9-18(22)2/h4-5,9-12,15,17H,3,6-8,13-14,16H2,1-2H3. The first kappa shape index (κ1) is 21.4. The number of thiazole rings is 1. The van der Waals surface area contributed by atoms with Crippen molar-refractivity contribution in [3.05, 3.63) is 58.4 Å². The number of hydrogen-bond donors (Lipinski definition) is 0. The molecule has 0 unspecified atom stereocenters. The Kier molecular flexibility index (Phi) is 6.87. The van der Waals surface area contributed by atoms with Crippen molar-refractivity contribution in [2.24, 2.45) is 0 Å². The molecule has 0 spiro atoms. The van der Waals surface area contributed by atoms with Crippen molar-refractivity contribution in [3.8, 4) is 22.8 Å². The Morgan fingerprint density at radius 1 is 1.19 bits per heavy atom. The van der Waals surface area contributed by atoms with E-state index in [1.165, 1.54) is 0 Å². The molecule has 0 atom stereocenters. The Balaban J connectivity index is 1.40. The van der Waals surface area contributed by atoms with E-state index in [9.17, 15) is 4.79 Å². The van der Waals surface area contributed by atoms with Gasteiger partial charge >= 0.3 is 0 Å². The molecule has 5 nitrogen and oxygen atoms in total. The molecule has 31 heavy (non-hydrogen) atoms. The Hall–Kier alpha value is -2.86. The number of rotatable bonds is 9. The number of benzene rings is 2. The number of unbranched alkanes of at least 4 members (excludes halogenated alkanes) is 1. The van der Waals surface area contributed by atoms with E-state index in [1.54, 1.807) is 11.3 Å². The van der Waals surface area contributed by atoms with Crippen LogP contribution in [0.3, 0.4) is 0 Å². The fourth-order valence-corrected chi connectivity index (χ4v) is 4.56. The Morgan fingerprint density at radius 2 is 2.06 bits per heavy atom. The zero-order chi connectivity index (χ0) is 21.6. The van der Waals surface area contributed by atoms with Crippen LogP contribution >= 0.6 is 11.3 Å². The van der Waals surface area contributed by atoms with Crippen molar-refractivity contribution in [2.75, 3.05) is 24.7 Å². The molecule has 162 valence electrons. The van der Waals surface area contributed by atoms with E-state index in [0.717, 1.165) is 64.7 Å². The number of para-hydroxylation sites is 1. The number of aromatic nitrogens is 1. The van der Waals surface area contributed by atoms with Gasteiger partial charge in [0, 0.05) is 17.5 Å². The van der Waals surface area contributed by atoms with Gasteiger partial charge < -0.3 is 14.4 Å². The summed E-state index contributed by atoms with van der Waals surface area (Å²) < 4.78 is 11.6. The molecule has 1 amide bonds. The molecule has 1 aliphatic heterocycles. The molecular weight excluding hydrogens is 408 g/mol. The van der Waals surface area contributed by atoms with E-state index >= 15 is 0 Å². The van der Waals surface area contributed by atoms with E-state index in [1.807, 2.05) is 54.3 Å². The van der Waals surface area contributed by atoms with Gasteiger partial charge in [-0.25, -0.2) is 4.98 Å². The number of carbonyl (C=O) groups is 1. The molecule has 0 bridgehead atoms. The number of ether oxygens (including phenoxy) is 2. The first-order valence-corrected chi connectivity index (χ1v) is 11.7. The maximum atomic E-state index is 12.6. The van der Waals surface area contributed by atoms with Gasteiger partial charge in [-0.3, -0.25) is 4.79 Å². The number of amides is 1. The summed E-state index contributed by atoms with van der Waals surface area (Å²) in [6, 6.07) is 14.0. The Morgan fingerprint density at radius 3 is 2.90 bits per heavy atom. The molecule has 0 saturated carbocycles. The molecule has 6 heteroatoms. The summed E-state index contributed by atoms with van der Waals surface area (Å²) in [4.78, 5) is 19.2. The van der Waals surface area contributed by atoms with Crippen LogP contribution in [0.2, 0.25) is 0 Å². The summed E-state index contributed by atoms with van der Waals surface area (Å²) in [5.74, 6) is 1.67. The maximum Gasteiger partial charge on any atom is 0.265 e. The third-order valence-electron chi connectivity index (χ3n) is 5.34. The van der Waals surface area contributed by atoms with E-state index in [2.05, 4.69) is 12.3 Å². The lowest BCUT2D eigenvalue weighted by Crippen LogP contribution is -2.39. The summed E-state index contributed by atoms with van der Waals surface area (Å²) in [7, 11) is 0. The minimum atomic E-state index is -0.00516. The normalized spacial score (nSPS) is 13.1. The number of nitrogens with zero attached hydrogens (tertiary/aromatic N) is 2. The average Bonchev–Trinajstić information content (AvgIpc) is 3.24. The molecule has 0 fully saturated rings. The first-order valence-electron chi connectivity index (χ1n) is 10.9. The molecule has 1 aliphatic rings. The molecule has 0 N–H and O–H groups in total. The predicted molar refractivity (Wildman–Crippen MR) is 125 cm³/mol. The van der Waals surface area contributed by atoms with Crippen molar-refractivity contribution in [2.45, 2.75) is 39.5 Å². The van der Waals surface area contributed by atoms with Gasteiger partial charge in [-0.2, -0.15) is 0 Å². The van der Waals surface area contributed by atoms with Gasteiger partial charge in [0.05, 0.1) is 23.0 Å². The highest BCUT2D eigenvalue weighted by Gasteiger charge is 2.25. The van der Waals surface area contributed by atoms with E-state index in [-0.39, 0.29) is 12.5 Å². The fourth-order valence-electron chi connectivity index (χ4n) is 3.65. The summed E-state index contributed by atoms with van der Waals surface area (Å²) in [6.45, 7) is 5.57. The van der Waals surface area contributed by atoms with Crippen LogP contribution in [0.1, 0.15) is 36.8 Å². The highest BCUT2D eigenvalue weighted by Crippen LogP contribution is 2.36. The van der Waals surface area contributed by atoms with Crippen molar-refractivity contribution in [1.29, 1.82) is 0 Å². The first-order chi connectivity index (χ1) is 15.2. The SMILES string of the molecule is CCCc1nc(-c2ccc3c(c2)N(CCCCOc2ccccc2C)C(=O)CO3)cs1.